The lowest BCUT2D eigenvalue weighted by atomic mass is 10.1. The lowest BCUT2D eigenvalue weighted by Gasteiger charge is -2.36. The Morgan fingerprint density at radius 3 is 2.46 bits per heavy atom. The highest BCUT2D eigenvalue weighted by Gasteiger charge is 2.39. The van der Waals surface area contributed by atoms with E-state index in [-0.39, 0.29) is 29.5 Å². The molecule has 0 aromatic heterocycles. The fraction of sp³-hybridized carbons (Fsp3) is 0.450. The normalized spacial score (nSPS) is 18.2. The zero-order valence-corrected chi connectivity index (χ0v) is 18.0. The molecule has 0 bridgehead atoms. The molecule has 4 nitrogen and oxygen atoms in total. The van der Waals surface area contributed by atoms with Crippen LogP contribution in [0.4, 0.5) is 5.69 Å². The number of carbonyl (C=O) groups is 1. The molecule has 1 atom stereocenters. The van der Waals surface area contributed by atoms with Crippen molar-refractivity contribution in [3.63, 3.8) is 0 Å². The number of benzene rings is 2. The highest BCUT2D eigenvalue weighted by molar-refractivity contribution is 6.74. The Morgan fingerprint density at radius 2 is 1.88 bits per heavy atom. The van der Waals surface area contributed by atoms with Crippen molar-refractivity contribution < 1.29 is 9.22 Å². The van der Waals surface area contributed by atoms with Crippen molar-refractivity contribution in [2.24, 2.45) is 5.73 Å². The molecule has 0 radical (unpaired) electrons. The number of hydrogen-bond acceptors (Lipinski definition) is 3. The first-order valence-corrected chi connectivity index (χ1v) is 11.8. The smallest absolute Gasteiger partial charge is 0.250 e. The van der Waals surface area contributed by atoms with Crippen LogP contribution < -0.4 is 15.1 Å². The third-order valence-corrected chi connectivity index (χ3v) is 9.88. The molecule has 26 heavy (non-hydrogen) atoms. The number of amides is 1. The number of nitrogens with zero attached hydrogens (tertiary/aromatic N) is 1. The van der Waals surface area contributed by atoms with Crippen molar-refractivity contribution in [2.75, 3.05) is 4.90 Å². The summed E-state index contributed by atoms with van der Waals surface area (Å²) in [5.41, 5.74) is 7.05. The minimum Gasteiger partial charge on any atom is -0.543 e. The van der Waals surface area contributed by atoms with Crippen LogP contribution in [0.3, 0.4) is 0 Å². The fourth-order valence-electron chi connectivity index (χ4n) is 2.98. The third kappa shape index (κ3) is 3.75. The number of fused-ring (bicyclic) bond motifs is 1. The predicted molar refractivity (Wildman–Crippen MR) is 114 cm³/mol. The van der Waals surface area contributed by atoms with Gasteiger partial charge in [-0.05, 0) is 48.1 Å². The molecule has 1 heterocycles. The Balaban J connectivity index is 0.00000243. The lowest BCUT2D eigenvalue weighted by molar-refractivity contribution is -0.117. The zero-order valence-electron chi connectivity index (χ0n) is 16.2. The van der Waals surface area contributed by atoms with E-state index >= 15 is 0 Å². The first kappa shape index (κ1) is 20.7. The van der Waals surface area contributed by atoms with Gasteiger partial charge in [0.25, 0.3) is 0 Å². The molecule has 2 aromatic rings. The van der Waals surface area contributed by atoms with Crippen molar-refractivity contribution >= 4 is 43.1 Å². The number of anilines is 1. The molecule has 1 aliphatic heterocycles. The number of carbonyl (C=O) groups excluding carboxylic acids is 1. The van der Waals surface area contributed by atoms with Crippen LogP contribution in [0.15, 0.2) is 36.4 Å². The molecular formula is C20H29ClN2O2Si. The summed E-state index contributed by atoms with van der Waals surface area (Å²) in [6.45, 7) is 11.2. The summed E-state index contributed by atoms with van der Waals surface area (Å²) in [6, 6.07) is 12.2. The van der Waals surface area contributed by atoms with Gasteiger partial charge in [0.2, 0.25) is 14.2 Å². The summed E-state index contributed by atoms with van der Waals surface area (Å²) in [6.07, 6.45) is 0.968. The molecule has 1 fully saturated rings. The van der Waals surface area contributed by atoms with E-state index in [0.717, 1.165) is 22.2 Å². The SMILES string of the molecule is CC(C)(C)[Si](C)(C)Oc1ccc2cccc(N3C(=O)CCC3N)c2c1.Cl. The van der Waals surface area contributed by atoms with E-state index in [1.165, 1.54) is 0 Å². The van der Waals surface area contributed by atoms with Gasteiger partial charge in [0.1, 0.15) is 5.75 Å². The summed E-state index contributed by atoms with van der Waals surface area (Å²) in [5, 5.41) is 2.24. The molecule has 1 amide bonds. The van der Waals surface area contributed by atoms with Crippen LogP contribution in [0.25, 0.3) is 10.8 Å². The Hall–Kier alpha value is -1.56. The van der Waals surface area contributed by atoms with Gasteiger partial charge in [-0.15, -0.1) is 12.4 Å². The number of hydrogen-bond donors (Lipinski definition) is 1. The monoisotopic (exact) mass is 392 g/mol. The molecule has 2 N–H and O–H groups in total. The molecule has 2 aromatic carbocycles. The van der Waals surface area contributed by atoms with Crippen LogP contribution in [0.2, 0.25) is 18.1 Å². The summed E-state index contributed by atoms with van der Waals surface area (Å²) in [7, 11) is -1.91. The molecule has 1 unspecified atom stereocenters. The van der Waals surface area contributed by atoms with Crippen molar-refractivity contribution in [3.05, 3.63) is 36.4 Å². The van der Waals surface area contributed by atoms with Crippen molar-refractivity contribution in [2.45, 2.75) is 57.9 Å². The second kappa shape index (κ2) is 7.22. The molecule has 3 rings (SSSR count). The molecule has 1 saturated heterocycles. The van der Waals surface area contributed by atoms with E-state index < -0.39 is 8.32 Å². The van der Waals surface area contributed by atoms with E-state index in [2.05, 4.69) is 52.1 Å². The van der Waals surface area contributed by atoms with Crippen LogP contribution in [-0.2, 0) is 4.79 Å². The van der Waals surface area contributed by atoms with Gasteiger partial charge < -0.3 is 10.2 Å². The quantitative estimate of drug-likeness (QED) is 0.743. The number of halogens is 1. The maximum Gasteiger partial charge on any atom is 0.250 e. The van der Waals surface area contributed by atoms with Crippen LogP contribution in [-0.4, -0.2) is 20.4 Å². The zero-order chi connectivity index (χ0) is 18.4. The number of nitrogens with two attached hydrogens (primary N) is 1. The maximum atomic E-state index is 12.3. The van der Waals surface area contributed by atoms with Crippen LogP contribution >= 0.6 is 12.4 Å². The first-order valence-electron chi connectivity index (χ1n) is 8.89. The summed E-state index contributed by atoms with van der Waals surface area (Å²) in [5.74, 6) is 0.961. The summed E-state index contributed by atoms with van der Waals surface area (Å²) < 4.78 is 6.45. The molecular weight excluding hydrogens is 364 g/mol. The van der Waals surface area contributed by atoms with E-state index in [0.29, 0.717) is 12.8 Å². The van der Waals surface area contributed by atoms with E-state index in [9.17, 15) is 4.79 Å². The van der Waals surface area contributed by atoms with Crippen LogP contribution in [0.5, 0.6) is 5.75 Å². The van der Waals surface area contributed by atoms with Gasteiger partial charge >= 0.3 is 0 Å². The van der Waals surface area contributed by atoms with Crippen LogP contribution in [0.1, 0.15) is 33.6 Å². The van der Waals surface area contributed by atoms with Gasteiger partial charge in [-0.25, -0.2) is 0 Å². The Labute approximate surface area is 163 Å². The van der Waals surface area contributed by atoms with E-state index in [1.54, 1.807) is 4.90 Å². The summed E-state index contributed by atoms with van der Waals surface area (Å²) in [4.78, 5) is 14.0. The number of rotatable bonds is 3. The first-order chi connectivity index (χ1) is 11.6. The molecule has 0 saturated carbocycles. The Morgan fingerprint density at radius 1 is 1.19 bits per heavy atom. The molecule has 6 heteroatoms. The third-order valence-electron chi connectivity index (χ3n) is 5.52. The molecule has 142 valence electrons. The second-order valence-electron chi connectivity index (χ2n) is 8.39. The minimum atomic E-state index is -1.91. The predicted octanol–water partition coefficient (Wildman–Crippen LogP) is 5.06. The highest BCUT2D eigenvalue weighted by Crippen LogP contribution is 2.39. The minimum absolute atomic E-state index is 0. The average molecular weight is 393 g/mol. The lowest BCUT2D eigenvalue weighted by Crippen LogP contribution is -2.43. The topological polar surface area (TPSA) is 55.6 Å². The van der Waals surface area contributed by atoms with Crippen molar-refractivity contribution in [3.8, 4) is 5.75 Å². The highest BCUT2D eigenvalue weighted by atomic mass is 35.5. The van der Waals surface area contributed by atoms with Gasteiger partial charge in [0.05, 0.1) is 11.9 Å². The van der Waals surface area contributed by atoms with Crippen molar-refractivity contribution in [1.29, 1.82) is 0 Å². The largest absolute Gasteiger partial charge is 0.543 e. The van der Waals surface area contributed by atoms with Crippen molar-refractivity contribution in [1.82, 2.24) is 0 Å². The average Bonchev–Trinajstić information content (AvgIpc) is 2.84. The molecule has 0 aliphatic carbocycles. The molecule has 0 spiro atoms. The van der Waals surface area contributed by atoms with E-state index in [1.807, 2.05) is 18.2 Å². The Kier molecular flexibility index (Phi) is 5.76. The van der Waals surface area contributed by atoms with Crippen LogP contribution in [0, 0.1) is 0 Å². The van der Waals surface area contributed by atoms with E-state index in [4.69, 9.17) is 10.2 Å². The van der Waals surface area contributed by atoms with Gasteiger partial charge in [-0.3, -0.25) is 9.69 Å². The van der Waals surface area contributed by atoms with Gasteiger partial charge in [-0.1, -0.05) is 39.0 Å². The standard InChI is InChI=1S/C20H28N2O2Si.ClH/c1-20(2,3)25(4,5)24-15-10-9-14-7-6-8-17(16(14)13-15)22-18(21)11-12-19(22)23;/h6-10,13,18H,11-12,21H2,1-5H3;1H. The second-order valence-corrected chi connectivity index (χ2v) is 13.1. The summed E-state index contributed by atoms with van der Waals surface area (Å²) >= 11 is 0. The molecule has 1 aliphatic rings. The van der Waals surface area contributed by atoms with Gasteiger partial charge in [-0.2, -0.15) is 0 Å². The Bertz CT molecular complexity index is 817. The fourth-order valence-corrected chi connectivity index (χ4v) is 4.00. The maximum absolute atomic E-state index is 12.3. The van der Waals surface area contributed by atoms with Gasteiger partial charge in [0, 0.05) is 11.8 Å². The van der Waals surface area contributed by atoms with Gasteiger partial charge in [0.15, 0.2) is 0 Å².